The van der Waals surface area contributed by atoms with Crippen molar-refractivity contribution in [1.29, 1.82) is 0 Å². The second-order valence-corrected chi connectivity index (χ2v) is 8.06. The highest BCUT2D eigenvalue weighted by Crippen LogP contribution is 2.38. The van der Waals surface area contributed by atoms with E-state index in [2.05, 4.69) is 5.32 Å². The van der Waals surface area contributed by atoms with Crippen molar-refractivity contribution in [3.63, 3.8) is 0 Å². The van der Waals surface area contributed by atoms with Crippen molar-refractivity contribution in [1.82, 2.24) is 9.62 Å². The van der Waals surface area contributed by atoms with Gasteiger partial charge in [-0.1, -0.05) is 0 Å². The molecule has 120 valence electrons. The lowest BCUT2D eigenvalue weighted by Crippen LogP contribution is -2.42. The number of nitro groups is 1. The summed E-state index contributed by atoms with van der Waals surface area (Å²) in [7, 11) is -3.57. The van der Waals surface area contributed by atoms with E-state index in [1.54, 1.807) is 0 Å². The normalized spacial score (nSPS) is 26.4. The molecule has 7 nitrogen and oxygen atoms in total. The number of sulfonamides is 1. The number of non-ortho nitro benzene ring substituents is 1. The second-order valence-electron chi connectivity index (χ2n) is 6.12. The molecule has 1 spiro atoms. The topological polar surface area (TPSA) is 92.5 Å². The number of nitrogens with zero attached hydrogens (tertiary/aromatic N) is 2. The minimum absolute atomic E-state index is 0.0477. The van der Waals surface area contributed by atoms with E-state index in [1.165, 1.54) is 28.6 Å². The van der Waals surface area contributed by atoms with E-state index in [0.717, 1.165) is 32.4 Å². The lowest BCUT2D eigenvalue weighted by molar-refractivity contribution is -0.384. The maximum Gasteiger partial charge on any atom is 0.269 e. The average molecular weight is 325 g/mol. The predicted octanol–water partition coefficient (Wildman–Crippen LogP) is 1.36. The van der Waals surface area contributed by atoms with Crippen molar-refractivity contribution in [3.8, 4) is 0 Å². The number of hydrogen-bond acceptors (Lipinski definition) is 5. The third kappa shape index (κ3) is 2.73. The van der Waals surface area contributed by atoms with Crippen LogP contribution in [-0.2, 0) is 10.0 Å². The first-order valence-electron chi connectivity index (χ1n) is 7.38. The highest BCUT2D eigenvalue weighted by atomic mass is 32.2. The van der Waals surface area contributed by atoms with Gasteiger partial charge in [-0.2, -0.15) is 4.31 Å². The molecule has 0 saturated carbocycles. The summed E-state index contributed by atoms with van der Waals surface area (Å²) in [6, 6.07) is 5.11. The van der Waals surface area contributed by atoms with Crippen LogP contribution in [0.5, 0.6) is 0 Å². The minimum Gasteiger partial charge on any atom is -0.316 e. The van der Waals surface area contributed by atoms with Crippen LogP contribution in [0.15, 0.2) is 29.2 Å². The largest absolute Gasteiger partial charge is 0.316 e. The zero-order valence-corrected chi connectivity index (χ0v) is 13.0. The molecule has 2 aliphatic heterocycles. The van der Waals surface area contributed by atoms with Gasteiger partial charge in [-0.25, -0.2) is 8.42 Å². The fourth-order valence-electron chi connectivity index (χ4n) is 3.37. The minimum atomic E-state index is -3.57. The maximum atomic E-state index is 12.7. The zero-order valence-electron chi connectivity index (χ0n) is 12.2. The Labute approximate surface area is 129 Å². The fourth-order valence-corrected chi connectivity index (χ4v) is 4.92. The van der Waals surface area contributed by atoms with Crippen LogP contribution in [0.1, 0.15) is 19.3 Å². The molecule has 2 fully saturated rings. The molecular weight excluding hydrogens is 306 g/mol. The molecular formula is C14H19N3O4S. The number of rotatable bonds is 3. The molecule has 0 amide bonds. The molecule has 1 unspecified atom stereocenters. The standard InChI is InChI=1S/C14H19N3O4S/c18-17(19)12-2-4-13(5-3-12)22(20,21)16-9-7-14(11-16)6-1-8-15-10-14/h2-5,15H,1,6-11H2. The Kier molecular flexibility index (Phi) is 3.92. The molecule has 0 radical (unpaired) electrons. The average Bonchev–Trinajstić information content (AvgIpc) is 2.92. The SMILES string of the molecule is O=[N+]([O-])c1ccc(S(=O)(=O)N2CCC3(CCCNC3)C2)cc1. The number of nitro benzene ring substituents is 1. The zero-order chi connectivity index (χ0) is 15.8. The van der Waals surface area contributed by atoms with Crippen molar-refractivity contribution < 1.29 is 13.3 Å². The predicted molar refractivity (Wildman–Crippen MR) is 81.0 cm³/mol. The van der Waals surface area contributed by atoms with Gasteiger partial charge in [-0.05, 0) is 43.4 Å². The van der Waals surface area contributed by atoms with Crippen LogP contribution >= 0.6 is 0 Å². The van der Waals surface area contributed by atoms with Gasteiger partial charge >= 0.3 is 0 Å². The van der Waals surface area contributed by atoms with Crippen molar-refractivity contribution in [3.05, 3.63) is 34.4 Å². The van der Waals surface area contributed by atoms with Gasteiger partial charge < -0.3 is 5.32 Å². The molecule has 1 aromatic rings. The molecule has 0 bridgehead atoms. The highest BCUT2D eigenvalue weighted by Gasteiger charge is 2.43. The van der Waals surface area contributed by atoms with E-state index in [-0.39, 0.29) is 16.0 Å². The summed E-state index contributed by atoms with van der Waals surface area (Å²) in [6.07, 6.45) is 2.99. The Morgan fingerprint density at radius 1 is 1.23 bits per heavy atom. The second kappa shape index (κ2) is 5.60. The van der Waals surface area contributed by atoms with Gasteiger partial charge in [0, 0.05) is 31.8 Å². The molecule has 1 aromatic carbocycles. The monoisotopic (exact) mass is 325 g/mol. The van der Waals surface area contributed by atoms with Crippen LogP contribution in [0.2, 0.25) is 0 Å². The fraction of sp³-hybridized carbons (Fsp3) is 0.571. The number of nitrogens with one attached hydrogen (secondary N) is 1. The van der Waals surface area contributed by atoms with E-state index in [1.807, 2.05) is 0 Å². The van der Waals surface area contributed by atoms with Gasteiger partial charge in [0.05, 0.1) is 9.82 Å². The molecule has 2 saturated heterocycles. The first-order valence-corrected chi connectivity index (χ1v) is 8.82. The molecule has 2 heterocycles. The molecule has 3 rings (SSSR count). The molecule has 2 aliphatic rings. The first-order chi connectivity index (χ1) is 10.4. The maximum absolute atomic E-state index is 12.7. The highest BCUT2D eigenvalue weighted by molar-refractivity contribution is 7.89. The molecule has 22 heavy (non-hydrogen) atoms. The summed E-state index contributed by atoms with van der Waals surface area (Å²) in [6.45, 7) is 2.90. The summed E-state index contributed by atoms with van der Waals surface area (Å²) < 4.78 is 26.9. The number of hydrogen-bond donors (Lipinski definition) is 1. The number of piperidine rings is 1. The molecule has 1 N–H and O–H groups in total. The smallest absolute Gasteiger partial charge is 0.269 e. The number of benzene rings is 1. The lowest BCUT2D eigenvalue weighted by atomic mass is 9.80. The molecule has 0 aliphatic carbocycles. The van der Waals surface area contributed by atoms with Gasteiger partial charge in [-0.15, -0.1) is 0 Å². The van der Waals surface area contributed by atoms with Crippen LogP contribution < -0.4 is 5.32 Å². The van der Waals surface area contributed by atoms with Gasteiger partial charge in [0.2, 0.25) is 10.0 Å². The Hall–Kier alpha value is -1.51. The van der Waals surface area contributed by atoms with E-state index < -0.39 is 14.9 Å². The van der Waals surface area contributed by atoms with Gasteiger partial charge in [0.15, 0.2) is 0 Å². The van der Waals surface area contributed by atoms with Crippen molar-refractivity contribution >= 4 is 15.7 Å². The van der Waals surface area contributed by atoms with Crippen LogP contribution in [-0.4, -0.2) is 43.8 Å². The van der Waals surface area contributed by atoms with E-state index in [9.17, 15) is 18.5 Å². The summed E-state index contributed by atoms with van der Waals surface area (Å²) >= 11 is 0. The first kappa shape index (κ1) is 15.4. The quantitative estimate of drug-likeness (QED) is 0.669. The summed E-state index contributed by atoms with van der Waals surface area (Å²) in [4.78, 5) is 10.3. The Balaban J connectivity index is 1.80. The molecule has 8 heteroatoms. The van der Waals surface area contributed by atoms with Crippen molar-refractivity contribution in [2.75, 3.05) is 26.2 Å². The summed E-state index contributed by atoms with van der Waals surface area (Å²) in [5.41, 5.74) is -0.0557. The Morgan fingerprint density at radius 2 is 1.95 bits per heavy atom. The van der Waals surface area contributed by atoms with Crippen LogP contribution in [0.4, 0.5) is 5.69 Å². The van der Waals surface area contributed by atoms with Crippen LogP contribution in [0.25, 0.3) is 0 Å². The van der Waals surface area contributed by atoms with E-state index in [4.69, 9.17) is 0 Å². The third-order valence-corrected chi connectivity index (χ3v) is 6.51. The summed E-state index contributed by atoms with van der Waals surface area (Å²) in [5.74, 6) is 0. The van der Waals surface area contributed by atoms with Crippen molar-refractivity contribution in [2.45, 2.75) is 24.2 Å². The summed E-state index contributed by atoms with van der Waals surface area (Å²) in [5, 5.41) is 14.0. The van der Waals surface area contributed by atoms with Crippen LogP contribution in [0.3, 0.4) is 0 Å². The molecule has 1 atom stereocenters. The van der Waals surface area contributed by atoms with E-state index >= 15 is 0 Å². The van der Waals surface area contributed by atoms with E-state index in [0.29, 0.717) is 13.1 Å². The van der Waals surface area contributed by atoms with Gasteiger partial charge in [0.1, 0.15) is 0 Å². The van der Waals surface area contributed by atoms with Crippen LogP contribution in [0, 0.1) is 15.5 Å². The lowest BCUT2D eigenvalue weighted by Gasteiger charge is -2.33. The Morgan fingerprint density at radius 3 is 2.55 bits per heavy atom. The Bertz CT molecular complexity index is 666. The third-order valence-electron chi connectivity index (χ3n) is 4.65. The van der Waals surface area contributed by atoms with Gasteiger partial charge in [0.25, 0.3) is 5.69 Å². The van der Waals surface area contributed by atoms with Crippen molar-refractivity contribution in [2.24, 2.45) is 5.41 Å². The molecule has 0 aromatic heterocycles. The van der Waals surface area contributed by atoms with Gasteiger partial charge in [-0.3, -0.25) is 10.1 Å².